The van der Waals surface area contributed by atoms with Crippen LogP contribution in [0.1, 0.15) is 43.6 Å². The van der Waals surface area contributed by atoms with Gasteiger partial charge in [-0.2, -0.15) is 0 Å². The van der Waals surface area contributed by atoms with E-state index in [1.807, 2.05) is 6.07 Å². The number of hydrogen-bond acceptors (Lipinski definition) is 2. The van der Waals surface area contributed by atoms with Crippen LogP contribution in [0.15, 0.2) is 24.3 Å². The van der Waals surface area contributed by atoms with Gasteiger partial charge in [-0.15, -0.1) is 0 Å². The second-order valence-electron chi connectivity index (χ2n) is 5.96. The molecule has 0 spiro atoms. The number of hydrogen-bond donors (Lipinski definition) is 1. The molecule has 0 aliphatic carbocycles. The normalized spacial score (nSPS) is 13.7. The van der Waals surface area contributed by atoms with Gasteiger partial charge >= 0.3 is 5.97 Å². The molecule has 0 saturated heterocycles. The number of benzene rings is 1. The van der Waals surface area contributed by atoms with Crippen LogP contribution >= 0.6 is 0 Å². The van der Waals surface area contributed by atoms with E-state index in [1.165, 1.54) is 0 Å². The van der Waals surface area contributed by atoms with Gasteiger partial charge < -0.3 is 5.11 Å². The van der Waals surface area contributed by atoms with E-state index >= 15 is 0 Å². The van der Waals surface area contributed by atoms with Gasteiger partial charge in [-0.05, 0) is 37.1 Å². The van der Waals surface area contributed by atoms with Crippen LogP contribution in [0.3, 0.4) is 0 Å². The minimum Gasteiger partial charge on any atom is -0.478 e. The van der Waals surface area contributed by atoms with E-state index < -0.39 is 5.97 Å². The van der Waals surface area contributed by atoms with Crippen molar-refractivity contribution in [2.75, 3.05) is 7.05 Å². The molecule has 3 nitrogen and oxygen atoms in total. The van der Waals surface area contributed by atoms with Gasteiger partial charge in [0.2, 0.25) is 0 Å². The monoisotopic (exact) mass is 249 g/mol. The van der Waals surface area contributed by atoms with E-state index in [4.69, 9.17) is 5.11 Å². The third-order valence-electron chi connectivity index (χ3n) is 3.52. The molecule has 100 valence electrons. The van der Waals surface area contributed by atoms with Gasteiger partial charge in [0, 0.05) is 12.6 Å². The van der Waals surface area contributed by atoms with Gasteiger partial charge in [0.15, 0.2) is 0 Å². The van der Waals surface area contributed by atoms with Gasteiger partial charge in [0.1, 0.15) is 0 Å². The highest BCUT2D eigenvalue weighted by molar-refractivity contribution is 5.87. The molecule has 1 aromatic carbocycles. The molecule has 1 atom stereocenters. The Kier molecular flexibility index (Phi) is 4.52. The summed E-state index contributed by atoms with van der Waals surface area (Å²) in [6.07, 6.45) is 0. The van der Waals surface area contributed by atoms with Crippen molar-refractivity contribution in [2.24, 2.45) is 5.41 Å². The molecule has 18 heavy (non-hydrogen) atoms. The van der Waals surface area contributed by atoms with Crippen molar-refractivity contribution in [1.82, 2.24) is 4.90 Å². The number of carboxylic acid groups (broad SMARTS) is 1. The fourth-order valence-electron chi connectivity index (χ4n) is 1.89. The Labute approximate surface area is 109 Å². The second kappa shape index (κ2) is 5.53. The average Bonchev–Trinajstić information content (AvgIpc) is 2.27. The summed E-state index contributed by atoms with van der Waals surface area (Å²) in [6.45, 7) is 9.59. The summed E-state index contributed by atoms with van der Waals surface area (Å²) in [5.74, 6) is -0.872. The molecule has 0 fully saturated rings. The maximum atomic E-state index is 10.9. The van der Waals surface area contributed by atoms with Gasteiger partial charge in [0.05, 0.1) is 5.56 Å². The third kappa shape index (κ3) is 3.84. The smallest absolute Gasteiger partial charge is 0.335 e. The van der Waals surface area contributed by atoms with E-state index in [1.54, 1.807) is 18.2 Å². The van der Waals surface area contributed by atoms with Crippen molar-refractivity contribution in [3.8, 4) is 0 Å². The Morgan fingerprint density at radius 3 is 2.50 bits per heavy atom. The summed E-state index contributed by atoms with van der Waals surface area (Å²) in [6, 6.07) is 7.56. The van der Waals surface area contributed by atoms with E-state index in [0.29, 0.717) is 11.6 Å². The topological polar surface area (TPSA) is 40.5 Å². The van der Waals surface area contributed by atoms with Crippen molar-refractivity contribution in [3.05, 3.63) is 35.4 Å². The quantitative estimate of drug-likeness (QED) is 0.890. The van der Waals surface area contributed by atoms with E-state index in [9.17, 15) is 4.79 Å². The van der Waals surface area contributed by atoms with Gasteiger partial charge in [0.25, 0.3) is 0 Å². The highest BCUT2D eigenvalue weighted by Crippen LogP contribution is 2.24. The van der Waals surface area contributed by atoms with Crippen molar-refractivity contribution < 1.29 is 9.90 Å². The predicted molar refractivity (Wildman–Crippen MR) is 73.8 cm³/mol. The fourth-order valence-corrected chi connectivity index (χ4v) is 1.89. The van der Waals surface area contributed by atoms with Crippen LogP contribution in [0, 0.1) is 5.41 Å². The second-order valence-corrected chi connectivity index (χ2v) is 5.96. The first-order chi connectivity index (χ1) is 8.21. The number of rotatable bonds is 4. The van der Waals surface area contributed by atoms with Gasteiger partial charge in [-0.25, -0.2) is 4.79 Å². The van der Waals surface area contributed by atoms with Crippen LogP contribution in [-0.4, -0.2) is 29.1 Å². The molecular weight excluding hydrogens is 226 g/mol. The molecule has 1 rings (SSSR count). The molecule has 0 amide bonds. The number of aromatic carboxylic acids is 1. The lowest BCUT2D eigenvalue weighted by Crippen LogP contribution is -2.38. The van der Waals surface area contributed by atoms with Crippen LogP contribution in [0.25, 0.3) is 0 Å². The van der Waals surface area contributed by atoms with Crippen molar-refractivity contribution in [3.63, 3.8) is 0 Å². The lowest BCUT2D eigenvalue weighted by atomic mass is 9.87. The zero-order chi connectivity index (χ0) is 13.9. The lowest BCUT2D eigenvalue weighted by molar-refractivity contribution is 0.0696. The predicted octanol–water partition coefficient (Wildman–Crippen LogP) is 3.25. The average molecular weight is 249 g/mol. The first-order valence-electron chi connectivity index (χ1n) is 6.24. The lowest BCUT2D eigenvalue weighted by Gasteiger charge is -2.35. The number of nitrogens with zero attached hydrogens (tertiary/aromatic N) is 1. The Morgan fingerprint density at radius 1 is 1.39 bits per heavy atom. The Bertz CT molecular complexity index is 421. The van der Waals surface area contributed by atoms with Crippen LogP contribution in [0.4, 0.5) is 0 Å². The first kappa shape index (κ1) is 14.7. The summed E-state index contributed by atoms with van der Waals surface area (Å²) in [4.78, 5) is 13.2. The third-order valence-corrected chi connectivity index (χ3v) is 3.52. The van der Waals surface area contributed by atoms with Gasteiger partial charge in [-0.3, -0.25) is 4.90 Å². The Morgan fingerprint density at radius 2 is 2.00 bits per heavy atom. The summed E-state index contributed by atoms with van der Waals surface area (Å²) in [7, 11) is 2.07. The summed E-state index contributed by atoms with van der Waals surface area (Å²) in [5.41, 5.74) is 1.59. The van der Waals surface area contributed by atoms with E-state index in [2.05, 4.69) is 39.6 Å². The molecule has 0 aromatic heterocycles. The van der Waals surface area contributed by atoms with Crippen LogP contribution in [0.2, 0.25) is 0 Å². The van der Waals surface area contributed by atoms with Crippen LogP contribution in [0.5, 0.6) is 0 Å². The molecule has 3 heteroatoms. The zero-order valence-electron chi connectivity index (χ0n) is 11.9. The molecule has 0 radical (unpaired) electrons. The standard InChI is InChI=1S/C15H23NO2/c1-11(15(2,3)4)16(5)10-12-7-6-8-13(9-12)14(17)18/h6-9,11H,10H2,1-5H3,(H,17,18). The molecule has 0 aliphatic heterocycles. The van der Waals surface area contributed by atoms with Crippen LogP contribution in [-0.2, 0) is 6.54 Å². The molecule has 0 bridgehead atoms. The largest absolute Gasteiger partial charge is 0.478 e. The highest BCUT2D eigenvalue weighted by atomic mass is 16.4. The van der Waals surface area contributed by atoms with Crippen molar-refractivity contribution in [1.29, 1.82) is 0 Å². The minimum absolute atomic E-state index is 0.207. The number of carboxylic acids is 1. The van der Waals surface area contributed by atoms with Gasteiger partial charge in [-0.1, -0.05) is 32.9 Å². The molecule has 1 N–H and O–H groups in total. The minimum atomic E-state index is -0.872. The summed E-state index contributed by atoms with van der Waals surface area (Å²) in [5, 5.41) is 8.97. The molecular formula is C15H23NO2. The first-order valence-corrected chi connectivity index (χ1v) is 6.24. The zero-order valence-corrected chi connectivity index (χ0v) is 11.9. The molecule has 0 saturated carbocycles. The number of carbonyl (C=O) groups is 1. The maximum absolute atomic E-state index is 10.9. The van der Waals surface area contributed by atoms with Crippen molar-refractivity contribution in [2.45, 2.75) is 40.3 Å². The van der Waals surface area contributed by atoms with E-state index in [0.717, 1.165) is 12.1 Å². The summed E-state index contributed by atoms with van der Waals surface area (Å²) >= 11 is 0. The van der Waals surface area contributed by atoms with Crippen molar-refractivity contribution >= 4 is 5.97 Å². The molecule has 1 aromatic rings. The molecule has 1 unspecified atom stereocenters. The summed E-state index contributed by atoms with van der Waals surface area (Å²) < 4.78 is 0. The van der Waals surface area contributed by atoms with E-state index in [-0.39, 0.29) is 5.41 Å². The Balaban J connectivity index is 2.79. The fraction of sp³-hybridized carbons (Fsp3) is 0.533. The van der Waals surface area contributed by atoms with Crippen LogP contribution < -0.4 is 0 Å². The molecule has 0 heterocycles. The molecule has 0 aliphatic rings. The highest BCUT2D eigenvalue weighted by Gasteiger charge is 2.23. The SMILES string of the molecule is CC(N(C)Cc1cccc(C(=O)O)c1)C(C)(C)C. The maximum Gasteiger partial charge on any atom is 0.335 e. The Hall–Kier alpha value is -1.35.